The monoisotopic (exact) mass is 176 g/mol. The lowest BCUT2D eigenvalue weighted by Gasteiger charge is -2.00. The Morgan fingerprint density at radius 3 is 2.69 bits per heavy atom. The Labute approximate surface area is 74.9 Å². The van der Waals surface area contributed by atoms with E-state index in [9.17, 15) is 0 Å². The number of nitrogens with one attached hydrogen (secondary N) is 1. The molecule has 2 heterocycles. The van der Waals surface area contributed by atoms with Gasteiger partial charge in [-0.1, -0.05) is 0 Å². The van der Waals surface area contributed by atoms with Crippen LogP contribution in [0.25, 0.3) is 0 Å². The molecule has 0 fully saturated rings. The normalized spacial score (nSPS) is 9.85. The molecule has 1 N–H and O–H groups in total. The minimum atomic E-state index is 0.591. The van der Waals surface area contributed by atoms with E-state index in [1.165, 1.54) is 12.7 Å². The lowest BCUT2D eigenvalue weighted by atomic mass is 10.4. The van der Waals surface area contributed by atoms with E-state index in [-0.39, 0.29) is 0 Å². The summed E-state index contributed by atoms with van der Waals surface area (Å²) >= 11 is 0. The van der Waals surface area contributed by atoms with Crippen molar-refractivity contribution in [2.75, 3.05) is 5.32 Å². The number of anilines is 1. The van der Waals surface area contributed by atoms with E-state index in [2.05, 4.69) is 20.3 Å². The zero-order valence-electron chi connectivity index (χ0n) is 6.84. The van der Waals surface area contributed by atoms with Gasteiger partial charge in [0, 0.05) is 0 Å². The Bertz CT molecular complexity index is 346. The second-order valence-corrected chi connectivity index (χ2v) is 2.45. The van der Waals surface area contributed by atoms with E-state index in [1.54, 1.807) is 18.6 Å². The van der Waals surface area contributed by atoms with Crippen LogP contribution in [0.2, 0.25) is 0 Å². The lowest BCUT2D eigenvalue weighted by Crippen LogP contribution is -1.98. The van der Waals surface area contributed by atoms with Gasteiger partial charge < -0.3 is 9.73 Å². The summed E-state index contributed by atoms with van der Waals surface area (Å²) in [5, 5.41) is 3.09. The van der Waals surface area contributed by atoms with Gasteiger partial charge in [-0.15, -0.1) is 0 Å². The third kappa shape index (κ3) is 2.02. The summed E-state index contributed by atoms with van der Waals surface area (Å²) < 4.78 is 5.04. The third-order valence-corrected chi connectivity index (χ3v) is 1.51. The largest absolute Gasteiger partial charge is 0.447 e. The first-order valence-electron chi connectivity index (χ1n) is 3.81. The molecule has 5 heteroatoms. The molecule has 0 unspecified atom stereocenters. The van der Waals surface area contributed by atoms with Gasteiger partial charge in [-0.3, -0.25) is 0 Å². The van der Waals surface area contributed by atoms with Crippen LogP contribution in [-0.2, 0) is 6.54 Å². The van der Waals surface area contributed by atoms with Gasteiger partial charge in [-0.25, -0.2) is 15.0 Å². The molecule has 0 aliphatic heterocycles. The van der Waals surface area contributed by atoms with Gasteiger partial charge in [0.25, 0.3) is 0 Å². The SMILES string of the molecule is c1ncc(NCc2cnco2)cn1. The second-order valence-electron chi connectivity index (χ2n) is 2.45. The van der Waals surface area contributed by atoms with Crippen LogP contribution in [0.3, 0.4) is 0 Å². The maximum Gasteiger partial charge on any atom is 0.180 e. The highest BCUT2D eigenvalue weighted by Gasteiger charge is 1.95. The summed E-state index contributed by atoms with van der Waals surface area (Å²) in [7, 11) is 0. The van der Waals surface area contributed by atoms with Gasteiger partial charge >= 0.3 is 0 Å². The van der Waals surface area contributed by atoms with Crippen LogP contribution >= 0.6 is 0 Å². The molecule has 0 amide bonds. The summed E-state index contributed by atoms with van der Waals surface area (Å²) in [4.78, 5) is 11.5. The van der Waals surface area contributed by atoms with Crippen LogP contribution in [-0.4, -0.2) is 15.0 Å². The summed E-state index contributed by atoms with van der Waals surface area (Å²) in [6.07, 6.45) is 7.95. The van der Waals surface area contributed by atoms with E-state index in [4.69, 9.17) is 4.42 Å². The minimum Gasteiger partial charge on any atom is -0.447 e. The fourth-order valence-corrected chi connectivity index (χ4v) is 0.909. The highest BCUT2D eigenvalue weighted by atomic mass is 16.3. The van der Waals surface area contributed by atoms with Crippen LogP contribution in [0.15, 0.2) is 35.7 Å². The zero-order chi connectivity index (χ0) is 8.93. The molecule has 0 saturated carbocycles. The van der Waals surface area contributed by atoms with E-state index < -0.39 is 0 Å². The fourth-order valence-electron chi connectivity index (χ4n) is 0.909. The first-order chi connectivity index (χ1) is 6.45. The second kappa shape index (κ2) is 3.66. The first kappa shape index (κ1) is 7.72. The molecule has 0 aliphatic carbocycles. The summed E-state index contributed by atoms with van der Waals surface area (Å²) in [6.45, 7) is 0.591. The van der Waals surface area contributed by atoms with Gasteiger partial charge in [-0.05, 0) is 0 Å². The molecule has 0 bridgehead atoms. The smallest absolute Gasteiger partial charge is 0.180 e. The maximum atomic E-state index is 5.04. The number of hydrogen-bond donors (Lipinski definition) is 1. The molecule has 66 valence electrons. The van der Waals surface area contributed by atoms with Crippen LogP contribution in [0.5, 0.6) is 0 Å². The number of hydrogen-bond acceptors (Lipinski definition) is 5. The molecule has 2 rings (SSSR count). The van der Waals surface area contributed by atoms with Crippen LogP contribution in [0.1, 0.15) is 5.76 Å². The minimum absolute atomic E-state index is 0.591. The van der Waals surface area contributed by atoms with Crippen LogP contribution < -0.4 is 5.32 Å². The average molecular weight is 176 g/mol. The standard InChI is InChI=1S/C8H8N4O/c1-7(2-10-5-9-1)12-4-8-3-11-6-13-8/h1-3,5-6,12H,4H2. The molecule has 2 aromatic rings. The predicted molar refractivity (Wildman–Crippen MR) is 45.9 cm³/mol. The van der Waals surface area contributed by atoms with E-state index in [1.807, 2.05) is 0 Å². The highest BCUT2D eigenvalue weighted by molar-refractivity contribution is 5.37. The Morgan fingerprint density at radius 2 is 2.00 bits per heavy atom. The Morgan fingerprint density at radius 1 is 1.15 bits per heavy atom. The number of rotatable bonds is 3. The highest BCUT2D eigenvalue weighted by Crippen LogP contribution is 2.04. The van der Waals surface area contributed by atoms with E-state index in [0.717, 1.165) is 11.4 Å². The molecule has 0 radical (unpaired) electrons. The number of aromatic nitrogens is 3. The summed E-state index contributed by atoms with van der Waals surface area (Å²) in [5.74, 6) is 0.781. The maximum absolute atomic E-state index is 5.04. The quantitative estimate of drug-likeness (QED) is 0.758. The van der Waals surface area contributed by atoms with Crippen LogP contribution in [0.4, 0.5) is 5.69 Å². The van der Waals surface area contributed by atoms with E-state index in [0.29, 0.717) is 6.54 Å². The van der Waals surface area contributed by atoms with Gasteiger partial charge in [0.05, 0.1) is 30.8 Å². The van der Waals surface area contributed by atoms with Crippen molar-refractivity contribution < 1.29 is 4.42 Å². The molecule has 0 saturated heterocycles. The van der Waals surface area contributed by atoms with Crippen molar-refractivity contribution in [2.24, 2.45) is 0 Å². The first-order valence-corrected chi connectivity index (χ1v) is 3.81. The third-order valence-electron chi connectivity index (χ3n) is 1.51. The van der Waals surface area contributed by atoms with Crippen molar-refractivity contribution >= 4 is 5.69 Å². The van der Waals surface area contributed by atoms with Crippen molar-refractivity contribution in [3.63, 3.8) is 0 Å². The fraction of sp³-hybridized carbons (Fsp3) is 0.125. The molecule has 0 aliphatic rings. The van der Waals surface area contributed by atoms with Gasteiger partial charge in [0.2, 0.25) is 0 Å². The topological polar surface area (TPSA) is 63.8 Å². The Kier molecular flexibility index (Phi) is 2.18. The van der Waals surface area contributed by atoms with Crippen molar-refractivity contribution in [1.82, 2.24) is 15.0 Å². The summed E-state index contributed by atoms with van der Waals surface area (Å²) in [6, 6.07) is 0. The molecule has 0 spiro atoms. The van der Waals surface area contributed by atoms with Crippen LogP contribution in [0, 0.1) is 0 Å². The number of nitrogens with zero attached hydrogens (tertiary/aromatic N) is 3. The average Bonchev–Trinajstić information content (AvgIpc) is 2.69. The summed E-state index contributed by atoms with van der Waals surface area (Å²) in [5.41, 5.74) is 0.860. The van der Waals surface area contributed by atoms with Crippen molar-refractivity contribution in [3.8, 4) is 0 Å². The molecular formula is C8H8N4O. The molecule has 0 atom stereocenters. The number of oxazole rings is 1. The van der Waals surface area contributed by atoms with Crippen molar-refractivity contribution in [2.45, 2.75) is 6.54 Å². The molecule has 5 nitrogen and oxygen atoms in total. The van der Waals surface area contributed by atoms with Crippen molar-refractivity contribution in [1.29, 1.82) is 0 Å². The molecule has 2 aromatic heterocycles. The predicted octanol–water partition coefficient (Wildman–Crippen LogP) is 1.08. The van der Waals surface area contributed by atoms with Gasteiger partial charge in [0.15, 0.2) is 6.39 Å². The van der Waals surface area contributed by atoms with Gasteiger partial charge in [0.1, 0.15) is 12.1 Å². The Hall–Kier alpha value is -1.91. The van der Waals surface area contributed by atoms with Gasteiger partial charge in [-0.2, -0.15) is 0 Å². The lowest BCUT2D eigenvalue weighted by molar-refractivity contribution is 0.511. The van der Waals surface area contributed by atoms with Crippen molar-refractivity contribution in [3.05, 3.63) is 37.1 Å². The molecular weight excluding hydrogens is 168 g/mol. The molecule has 13 heavy (non-hydrogen) atoms. The Balaban J connectivity index is 1.94. The molecule has 0 aromatic carbocycles. The van der Waals surface area contributed by atoms with E-state index >= 15 is 0 Å². The zero-order valence-corrected chi connectivity index (χ0v) is 6.84.